The lowest BCUT2D eigenvalue weighted by Crippen LogP contribution is -2.27. The third-order valence-corrected chi connectivity index (χ3v) is 6.38. The average molecular weight is 435 g/mol. The molecule has 1 heterocycles. The lowest BCUT2D eigenvalue weighted by atomic mass is 9.85. The molecule has 0 spiro atoms. The molecule has 0 aliphatic heterocycles. The number of aliphatic hydroxyl groups excluding tert-OH is 1. The summed E-state index contributed by atoms with van der Waals surface area (Å²) in [6.07, 6.45) is 3.18. The number of benzene rings is 2. The first-order chi connectivity index (χ1) is 15.1. The quantitative estimate of drug-likeness (QED) is 0.569. The summed E-state index contributed by atoms with van der Waals surface area (Å²) in [4.78, 5) is 0. The van der Waals surface area contributed by atoms with E-state index in [9.17, 15) is 10.4 Å². The van der Waals surface area contributed by atoms with Gasteiger partial charge in [-0.05, 0) is 62.4 Å². The first-order valence-electron chi connectivity index (χ1n) is 10.6. The zero-order valence-electron chi connectivity index (χ0n) is 17.8. The highest BCUT2D eigenvalue weighted by Gasteiger charge is 2.23. The Kier molecular flexibility index (Phi) is 6.62. The van der Waals surface area contributed by atoms with E-state index in [1.54, 1.807) is 0 Å². The van der Waals surface area contributed by atoms with E-state index in [2.05, 4.69) is 39.8 Å². The van der Waals surface area contributed by atoms with E-state index in [0.29, 0.717) is 17.9 Å². The van der Waals surface area contributed by atoms with Gasteiger partial charge in [0.15, 0.2) is 0 Å². The van der Waals surface area contributed by atoms with Crippen LogP contribution in [0.3, 0.4) is 0 Å². The minimum Gasteiger partial charge on any atom is -0.490 e. The van der Waals surface area contributed by atoms with Gasteiger partial charge in [0.05, 0.1) is 18.3 Å². The molecule has 0 bridgehead atoms. The number of fused-ring (bicyclic) bond motifs is 1. The Balaban J connectivity index is 1.65. The molecule has 0 saturated heterocycles. The maximum Gasteiger partial charge on any atom is 0.148 e. The van der Waals surface area contributed by atoms with Crippen LogP contribution < -0.4 is 10.1 Å². The molecule has 1 aliphatic carbocycles. The van der Waals surface area contributed by atoms with Crippen molar-refractivity contribution in [2.24, 2.45) is 0 Å². The largest absolute Gasteiger partial charge is 0.490 e. The zero-order valence-corrected chi connectivity index (χ0v) is 18.6. The number of hydrogen-bond donors (Lipinski definition) is 2. The van der Waals surface area contributed by atoms with Crippen molar-refractivity contribution >= 4 is 11.3 Å². The molecule has 7 heteroatoms. The van der Waals surface area contributed by atoms with Gasteiger partial charge in [0.2, 0.25) is 0 Å². The Morgan fingerprint density at radius 3 is 2.87 bits per heavy atom. The van der Waals surface area contributed by atoms with Crippen LogP contribution in [0.4, 0.5) is 0 Å². The third-order valence-electron chi connectivity index (χ3n) is 5.37. The molecule has 3 aromatic rings. The highest BCUT2D eigenvalue weighted by atomic mass is 32.1. The third kappa shape index (κ3) is 4.62. The Morgan fingerprint density at radius 2 is 2.10 bits per heavy atom. The van der Waals surface area contributed by atoms with Gasteiger partial charge in [-0.1, -0.05) is 29.5 Å². The van der Waals surface area contributed by atoms with Gasteiger partial charge in [-0.15, -0.1) is 10.2 Å². The van der Waals surface area contributed by atoms with Crippen molar-refractivity contribution in [3.05, 3.63) is 53.1 Å². The normalized spacial score (nSPS) is 15.5. The van der Waals surface area contributed by atoms with Crippen molar-refractivity contribution in [2.45, 2.75) is 45.3 Å². The van der Waals surface area contributed by atoms with Crippen molar-refractivity contribution in [3.63, 3.8) is 0 Å². The summed E-state index contributed by atoms with van der Waals surface area (Å²) in [5.74, 6) is 0.588. The predicted molar refractivity (Wildman–Crippen MR) is 122 cm³/mol. The van der Waals surface area contributed by atoms with Gasteiger partial charge in [-0.2, -0.15) is 5.26 Å². The summed E-state index contributed by atoms with van der Waals surface area (Å²) in [5, 5.41) is 32.7. The second-order valence-electron chi connectivity index (χ2n) is 7.90. The summed E-state index contributed by atoms with van der Waals surface area (Å²) in [5.41, 5.74) is 5.08. The number of nitrogens with one attached hydrogen (secondary N) is 1. The van der Waals surface area contributed by atoms with Crippen molar-refractivity contribution in [2.75, 3.05) is 13.2 Å². The van der Waals surface area contributed by atoms with E-state index in [-0.39, 0.29) is 18.8 Å². The smallest absolute Gasteiger partial charge is 0.148 e. The van der Waals surface area contributed by atoms with E-state index in [0.717, 1.165) is 40.4 Å². The number of aromatic nitrogens is 2. The van der Waals surface area contributed by atoms with Gasteiger partial charge < -0.3 is 15.2 Å². The van der Waals surface area contributed by atoms with Crippen LogP contribution in [-0.4, -0.2) is 34.6 Å². The summed E-state index contributed by atoms with van der Waals surface area (Å²) in [6, 6.07) is 14.4. The van der Waals surface area contributed by atoms with Gasteiger partial charge in [-0.25, -0.2) is 0 Å². The molecule has 160 valence electrons. The second kappa shape index (κ2) is 9.56. The van der Waals surface area contributed by atoms with Crippen LogP contribution in [0.1, 0.15) is 49.4 Å². The number of aliphatic hydroxyl groups is 1. The molecule has 1 unspecified atom stereocenters. The molecular formula is C24H26N4O2S. The fraction of sp³-hybridized carbons (Fsp3) is 0.375. The molecule has 0 saturated carbocycles. The Morgan fingerprint density at radius 1 is 1.26 bits per heavy atom. The van der Waals surface area contributed by atoms with E-state index in [4.69, 9.17) is 4.74 Å². The highest BCUT2D eigenvalue weighted by Crippen LogP contribution is 2.39. The van der Waals surface area contributed by atoms with Crippen molar-refractivity contribution in [1.82, 2.24) is 15.5 Å². The summed E-state index contributed by atoms with van der Waals surface area (Å²) in [6.45, 7) is 4.61. The Bertz CT molecular complexity index is 1100. The molecule has 1 aromatic heterocycles. The van der Waals surface area contributed by atoms with Crippen LogP contribution in [-0.2, 0) is 6.42 Å². The SMILES string of the molecule is CC(C)Oc1ccc(-c2nnc(-c3cccc4c3CCCC4NCCO)s2)cc1C#N. The van der Waals surface area contributed by atoms with Gasteiger partial charge >= 0.3 is 0 Å². The fourth-order valence-corrected chi connectivity index (χ4v) is 4.95. The molecule has 6 nitrogen and oxygen atoms in total. The van der Waals surface area contributed by atoms with Crippen molar-refractivity contribution in [3.8, 4) is 33.0 Å². The number of nitrogens with zero attached hydrogens (tertiary/aromatic N) is 3. The summed E-state index contributed by atoms with van der Waals surface area (Å²) < 4.78 is 5.73. The van der Waals surface area contributed by atoms with E-state index in [1.807, 2.05) is 32.0 Å². The van der Waals surface area contributed by atoms with E-state index < -0.39 is 0 Å². The molecule has 1 atom stereocenters. The average Bonchev–Trinajstić information content (AvgIpc) is 3.27. The standard InChI is InChI=1S/C24H26N4O2S/c1-15(2)30-22-10-9-16(13-17(22)14-25)23-27-28-24(31-23)20-7-3-6-19-18(20)5-4-8-21(19)26-11-12-29/h3,6-7,9-10,13,15,21,26,29H,4-5,8,11-12H2,1-2H3. The Labute approximate surface area is 186 Å². The minimum absolute atomic E-state index is 0.00559. The first kappa shape index (κ1) is 21.4. The van der Waals surface area contributed by atoms with Crippen LogP contribution >= 0.6 is 11.3 Å². The van der Waals surface area contributed by atoms with E-state index in [1.165, 1.54) is 22.5 Å². The fourth-order valence-electron chi connectivity index (χ4n) is 4.06. The van der Waals surface area contributed by atoms with Gasteiger partial charge in [0.25, 0.3) is 0 Å². The zero-order chi connectivity index (χ0) is 21.8. The molecule has 2 N–H and O–H groups in total. The van der Waals surface area contributed by atoms with Crippen molar-refractivity contribution in [1.29, 1.82) is 5.26 Å². The van der Waals surface area contributed by atoms with Gasteiger partial charge in [-0.3, -0.25) is 0 Å². The lowest BCUT2D eigenvalue weighted by Gasteiger charge is -2.27. The van der Waals surface area contributed by atoms with Crippen LogP contribution in [0.2, 0.25) is 0 Å². The van der Waals surface area contributed by atoms with Crippen LogP contribution in [0.25, 0.3) is 21.1 Å². The summed E-state index contributed by atoms with van der Waals surface area (Å²) in [7, 11) is 0. The molecule has 31 heavy (non-hydrogen) atoms. The lowest BCUT2D eigenvalue weighted by molar-refractivity contribution is 0.242. The molecular weight excluding hydrogens is 408 g/mol. The molecule has 4 rings (SSSR count). The maximum absolute atomic E-state index is 9.52. The van der Waals surface area contributed by atoms with Gasteiger partial charge in [0, 0.05) is 23.7 Å². The molecule has 0 amide bonds. The number of rotatable bonds is 7. The van der Waals surface area contributed by atoms with Crippen LogP contribution in [0.15, 0.2) is 36.4 Å². The minimum atomic E-state index is 0.00559. The first-order valence-corrected chi connectivity index (χ1v) is 11.4. The molecule has 1 aliphatic rings. The second-order valence-corrected chi connectivity index (χ2v) is 8.88. The topological polar surface area (TPSA) is 91.1 Å². The number of ether oxygens (including phenoxy) is 1. The molecule has 0 radical (unpaired) electrons. The van der Waals surface area contributed by atoms with Crippen LogP contribution in [0.5, 0.6) is 5.75 Å². The Hall–Kier alpha value is -2.79. The number of hydrogen-bond acceptors (Lipinski definition) is 7. The highest BCUT2D eigenvalue weighted by molar-refractivity contribution is 7.17. The van der Waals surface area contributed by atoms with Crippen LogP contribution in [0, 0.1) is 11.3 Å². The van der Waals surface area contributed by atoms with E-state index >= 15 is 0 Å². The maximum atomic E-state index is 9.52. The summed E-state index contributed by atoms with van der Waals surface area (Å²) >= 11 is 1.54. The molecule has 2 aromatic carbocycles. The monoisotopic (exact) mass is 434 g/mol. The number of nitriles is 1. The predicted octanol–water partition coefficient (Wildman–Crippen LogP) is 4.49. The molecule has 0 fully saturated rings. The van der Waals surface area contributed by atoms with Crippen molar-refractivity contribution < 1.29 is 9.84 Å². The van der Waals surface area contributed by atoms with Gasteiger partial charge in [0.1, 0.15) is 21.8 Å².